The van der Waals surface area contributed by atoms with Crippen LogP contribution in [0.15, 0.2) is 0 Å². The molecule has 3 aliphatic rings. The van der Waals surface area contributed by atoms with Crippen LogP contribution in [-0.4, -0.2) is 74.2 Å². The molecule has 0 saturated heterocycles. The van der Waals surface area contributed by atoms with Gasteiger partial charge in [0.1, 0.15) is 18.3 Å². The Morgan fingerprint density at radius 2 is 1.67 bits per heavy atom. The summed E-state index contributed by atoms with van der Waals surface area (Å²) in [5, 5.41) is -5.83. The second-order valence-corrected chi connectivity index (χ2v) is 15.2. The predicted molar refractivity (Wildman–Crippen MR) is 156 cm³/mol. The summed E-state index contributed by atoms with van der Waals surface area (Å²) in [6, 6.07) is 0. The van der Waals surface area contributed by atoms with E-state index in [1.54, 1.807) is 6.92 Å². The van der Waals surface area contributed by atoms with E-state index in [0.29, 0.717) is 57.9 Å². The van der Waals surface area contributed by atoms with Crippen molar-refractivity contribution in [2.45, 2.75) is 127 Å². The summed E-state index contributed by atoms with van der Waals surface area (Å²) >= 11 is 0. The predicted octanol–water partition coefficient (Wildman–Crippen LogP) is 5.64. The van der Waals surface area contributed by atoms with Crippen LogP contribution in [-0.2, 0) is 48.2 Å². The molecule has 0 amide bonds. The Bertz CT molecular complexity index is 1230. The first-order valence-corrected chi connectivity index (χ1v) is 17.7. The maximum absolute atomic E-state index is 13.9. The maximum atomic E-state index is 13.9. The molecule has 0 bridgehead atoms. The van der Waals surface area contributed by atoms with E-state index in [2.05, 4.69) is 4.74 Å². The second-order valence-electron chi connectivity index (χ2n) is 13.8. The molecule has 3 saturated carbocycles. The van der Waals surface area contributed by atoms with Crippen LogP contribution >= 0.6 is 0 Å². The Labute approximate surface area is 276 Å². The van der Waals surface area contributed by atoms with E-state index in [0.717, 1.165) is 19.3 Å². The van der Waals surface area contributed by atoms with Crippen molar-refractivity contribution in [2.75, 3.05) is 0 Å². The van der Waals surface area contributed by atoms with Gasteiger partial charge in [0.05, 0.1) is 0 Å². The molecule has 276 valence electrons. The molecule has 11 nitrogen and oxygen atoms in total. The number of fused-ring (bicyclic) bond motifs is 3. The van der Waals surface area contributed by atoms with Gasteiger partial charge in [0.2, 0.25) is 0 Å². The minimum absolute atomic E-state index is 0.00686. The minimum atomic E-state index is -6.57. The topological polar surface area (TPSA) is 160 Å². The van der Waals surface area contributed by atoms with Gasteiger partial charge in [-0.3, -0.25) is 23.7 Å². The largest absolute Gasteiger partial charge is 0.465 e. The molecule has 1 N–H and O–H groups in total. The van der Waals surface area contributed by atoms with E-state index in [1.807, 2.05) is 13.8 Å². The van der Waals surface area contributed by atoms with Crippen LogP contribution in [0.1, 0.15) is 91.4 Å². The fourth-order valence-corrected chi connectivity index (χ4v) is 9.53. The Balaban J connectivity index is 1.79. The maximum Gasteiger partial charge on any atom is 0.432 e. The molecular weight excluding hydrogens is 675 g/mol. The molecule has 0 aliphatic heterocycles. The number of hydrogen-bond acceptors (Lipinski definition) is 10. The Morgan fingerprint density at radius 1 is 1.00 bits per heavy atom. The quantitative estimate of drug-likeness (QED) is 0.0614. The highest BCUT2D eigenvalue weighted by Gasteiger charge is 2.66. The first-order valence-electron chi connectivity index (χ1n) is 16.2. The van der Waals surface area contributed by atoms with Crippen molar-refractivity contribution in [3.63, 3.8) is 0 Å². The van der Waals surface area contributed by atoms with Crippen molar-refractivity contribution in [1.29, 1.82) is 0 Å². The molecule has 0 aromatic heterocycles. The lowest BCUT2D eigenvalue weighted by atomic mass is 9.50. The van der Waals surface area contributed by atoms with Crippen LogP contribution in [0.2, 0.25) is 0 Å². The average molecular weight is 721 g/mol. The number of carbonyl (C=O) groups is 4. The van der Waals surface area contributed by atoms with Gasteiger partial charge in [-0.25, -0.2) is 0 Å². The first-order chi connectivity index (χ1) is 22.4. The third-order valence-corrected chi connectivity index (χ3v) is 12.0. The number of rotatable bonds is 18. The smallest absolute Gasteiger partial charge is 0.432 e. The SMILES string of the molecule is CCCCC(C[C@H]1CC(OC=O)[C@@H]2[C@H](CC(OC=O)[C@]3(C)[C@@H]([C@H](C)CCC(=O)OC(C(F)(F)F)C(F)(F)S(=O)(=O)O)CC[C@@H]23)C1)OC=O. The third kappa shape index (κ3) is 8.59. The lowest BCUT2D eigenvalue weighted by Gasteiger charge is -2.57. The number of hydrogen-bond donors (Lipinski definition) is 1. The molecule has 17 heteroatoms. The monoisotopic (exact) mass is 720 g/mol. The molecule has 4 unspecified atom stereocenters. The van der Waals surface area contributed by atoms with Gasteiger partial charge in [0, 0.05) is 17.8 Å². The fraction of sp³-hybridized carbons (Fsp3) is 0.871. The molecule has 3 fully saturated rings. The van der Waals surface area contributed by atoms with Crippen molar-refractivity contribution in [2.24, 2.45) is 40.9 Å². The first kappa shape index (κ1) is 39.9. The lowest BCUT2D eigenvalue weighted by Crippen LogP contribution is -2.57. The second kappa shape index (κ2) is 16.0. The number of esters is 1. The summed E-state index contributed by atoms with van der Waals surface area (Å²) < 4.78 is 119. The third-order valence-electron chi connectivity index (χ3n) is 11.1. The highest BCUT2D eigenvalue weighted by molar-refractivity contribution is 7.86. The molecule has 48 heavy (non-hydrogen) atoms. The van der Waals surface area contributed by atoms with Gasteiger partial charge >= 0.3 is 27.5 Å². The molecule has 0 aromatic rings. The van der Waals surface area contributed by atoms with E-state index >= 15 is 0 Å². The van der Waals surface area contributed by atoms with Gasteiger partial charge in [-0.1, -0.05) is 33.6 Å². The highest BCUT2D eigenvalue weighted by atomic mass is 32.2. The highest BCUT2D eigenvalue weighted by Crippen LogP contribution is 2.65. The van der Waals surface area contributed by atoms with Gasteiger partial charge in [0.25, 0.3) is 25.5 Å². The van der Waals surface area contributed by atoms with Crippen molar-refractivity contribution < 1.29 is 73.0 Å². The molecule has 0 radical (unpaired) electrons. The number of alkyl halides is 5. The standard InChI is InChI=1S/C31H45F5O11S/c1-4-5-6-21(44-15-37)12-19-11-20-14-25(46-17-39)29(3)22(8-9-23(29)27(20)24(13-19)45-16-38)18(2)7-10-26(40)47-28(30(32,33)34)31(35,36)48(41,42)43/h15-25,27-28H,4-14H2,1-3H3,(H,41,42,43)/t18-,19+,20+,21?,22-,23+,24?,25?,27-,28?,29-/m1/s1. The molecule has 3 aliphatic carbocycles. The summed E-state index contributed by atoms with van der Waals surface area (Å²) in [4.78, 5) is 46.9. The Morgan fingerprint density at radius 3 is 2.23 bits per heavy atom. The van der Waals surface area contributed by atoms with E-state index in [1.165, 1.54) is 0 Å². The summed E-state index contributed by atoms with van der Waals surface area (Å²) in [5.74, 6) is -2.58. The van der Waals surface area contributed by atoms with Crippen molar-refractivity contribution >= 4 is 35.5 Å². The molecular formula is C31H45F5O11S. The molecule has 11 atom stereocenters. The minimum Gasteiger partial charge on any atom is -0.465 e. The number of carbonyl (C=O) groups excluding carboxylic acids is 4. The van der Waals surface area contributed by atoms with Crippen LogP contribution in [0.3, 0.4) is 0 Å². The molecule has 0 spiro atoms. The summed E-state index contributed by atoms with van der Waals surface area (Å²) in [5.41, 5.74) is -0.709. The van der Waals surface area contributed by atoms with Gasteiger partial charge in [-0.05, 0) is 81.0 Å². The lowest BCUT2D eigenvalue weighted by molar-refractivity contribution is -0.259. The van der Waals surface area contributed by atoms with Gasteiger partial charge in [-0.15, -0.1) is 0 Å². The van der Waals surface area contributed by atoms with E-state index in [-0.39, 0.29) is 42.1 Å². The van der Waals surface area contributed by atoms with E-state index in [4.69, 9.17) is 18.8 Å². The Hall–Kier alpha value is -2.56. The zero-order chi connectivity index (χ0) is 36.1. The average Bonchev–Trinajstić information content (AvgIpc) is 3.34. The number of unbranched alkanes of at least 4 members (excludes halogenated alkanes) is 1. The van der Waals surface area contributed by atoms with Gasteiger partial charge in [0.15, 0.2) is 0 Å². The van der Waals surface area contributed by atoms with Crippen LogP contribution in [0, 0.1) is 40.9 Å². The normalized spacial score (nSPS) is 32.5. The fourth-order valence-electron chi connectivity index (χ4n) is 9.08. The molecule has 0 heterocycles. The van der Waals surface area contributed by atoms with Crippen LogP contribution in [0.5, 0.6) is 0 Å². The number of ether oxygens (including phenoxy) is 4. The van der Waals surface area contributed by atoms with Crippen molar-refractivity contribution in [3.05, 3.63) is 0 Å². The van der Waals surface area contributed by atoms with Crippen molar-refractivity contribution in [1.82, 2.24) is 0 Å². The summed E-state index contributed by atoms with van der Waals surface area (Å²) in [7, 11) is -6.57. The van der Waals surface area contributed by atoms with E-state index in [9.17, 15) is 49.5 Å². The number of halogens is 5. The van der Waals surface area contributed by atoms with Crippen LogP contribution in [0.4, 0.5) is 22.0 Å². The summed E-state index contributed by atoms with van der Waals surface area (Å²) in [6.45, 7) is 6.90. The van der Waals surface area contributed by atoms with Crippen LogP contribution < -0.4 is 0 Å². The van der Waals surface area contributed by atoms with Gasteiger partial charge < -0.3 is 18.9 Å². The zero-order valence-electron chi connectivity index (χ0n) is 27.1. The Kier molecular flexibility index (Phi) is 13.3. The van der Waals surface area contributed by atoms with E-state index < -0.39 is 63.6 Å². The molecule has 0 aromatic carbocycles. The summed E-state index contributed by atoms with van der Waals surface area (Å²) in [6.07, 6.45) is -6.67. The zero-order valence-corrected chi connectivity index (χ0v) is 27.9. The molecule has 3 rings (SSSR count). The van der Waals surface area contributed by atoms with Crippen molar-refractivity contribution in [3.8, 4) is 0 Å². The van der Waals surface area contributed by atoms with Crippen LogP contribution in [0.25, 0.3) is 0 Å². The van der Waals surface area contributed by atoms with Gasteiger partial charge in [-0.2, -0.15) is 30.4 Å².